The Balaban J connectivity index is 1.75. The molecule has 3 nitrogen and oxygen atoms in total. The van der Waals surface area contributed by atoms with E-state index in [2.05, 4.69) is 19.2 Å². The Labute approximate surface area is 105 Å². The molecular weight excluding hydrogens is 212 g/mol. The van der Waals surface area contributed by atoms with E-state index < -0.39 is 0 Å². The third-order valence-electron chi connectivity index (χ3n) is 5.18. The lowest BCUT2D eigenvalue weighted by Gasteiger charge is -2.60. The summed E-state index contributed by atoms with van der Waals surface area (Å²) in [5.41, 5.74) is 0.552. The van der Waals surface area contributed by atoms with Gasteiger partial charge in [0.15, 0.2) is 0 Å². The molecule has 0 aromatic heterocycles. The molecule has 3 rings (SSSR count). The molecule has 3 atom stereocenters. The van der Waals surface area contributed by atoms with Crippen LogP contribution < -0.4 is 5.32 Å². The summed E-state index contributed by atoms with van der Waals surface area (Å²) in [5.74, 6) is 2.80. The summed E-state index contributed by atoms with van der Waals surface area (Å²) < 4.78 is 0. The largest absolute Gasteiger partial charge is 0.348 e. The first-order valence-corrected chi connectivity index (χ1v) is 6.83. The van der Waals surface area contributed by atoms with Crippen LogP contribution in [0.2, 0.25) is 0 Å². The quantitative estimate of drug-likeness (QED) is 0.809. The maximum absolute atomic E-state index is 11.5. The Morgan fingerprint density at radius 2 is 2.06 bits per heavy atom. The van der Waals surface area contributed by atoms with Crippen molar-refractivity contribution < 1.29 is 4.79 Å². The van der Waals surface area contributed by atoms with E-state index in [4.69, 9.17) is 0 Å². The summed E-state index contributed by atoms with van der Waals surface area (Å²) in [4.78, 5) is 13.1. The van der Waals surface area contributed by atoms with Crippen LogP contribution in [0.1, 0.15) is 33.1 Å². The van der Waals surface area contributed by atoms with Crippen LogP contribution in [0.4, 0.5) is 0 Å². The molecule has 0 heterocycles. The summed E-state index contributed by atoms with van der Waals surface area (Å²) >= 11 is 0. The smallest absolute Gasteiger partial charge is 0.236 e. The molecule has 2 bridgehead atoms. The second-order valence-corrected chi connectivity index (χ2v) is 6.62. The topological polar surface area (TPSA) is 32.3 Å². The van der Waals surface area contributed by atoms with E-state index in [1.165, 1.54) is 19.3 Å². The van der Waals surface area contributed by atoms with Crippen LogP contribution in [0, 0.1) is 23.2 Å². The minimum atomic E-state index is 0.173. The van der Waals surface area contributed by atoms with Crippen LogP contribution in [0.3, 0.4) is 0 Å². The fourth-order valence-corrected chi connectivity index (χ4v) is 3.73. The van der Waals surface area contributed by atoms with Crippen molar-refractivity contribution in [3.05, 3.63) is 0 Å². The number of carbonyl (C=O) groups is 1. The normalized spacial score (nSPS) is 34.0. The fraction of sp³-hybridized carbons (Fsp3) is 0.929. The molecule has 3 heteroatoms. The Kier molecular flexibility index (Phi) is 3.48. The van der Waals surface area contributed by atoms with Gasteiger partial charge in [0.2, 0.25) is 5.91 Å². The van der Waals surface area contributed by atoms with Gasteiger partial charge in [-0.15, -0.1) is 0 Å². The predicted octanol–water partition coefficient (Wildman–Crippen LogP) is 1.74. The summed E-state index contributed by atoms with van der Waals surface area (Å²) in [6, 6.07) is 0. The first-order valence-electron chi connectivity index (χ1n) is 6.83. The molecule has 17 heavy (non-hydrogen) atoms. The molecule has 0 saturated heterocycles. The second-order valence-electron chi connectivity index (χ2n) is 6.62. The van der Waals surface area contributed by atoms with E-state index >= 15 is 0 Å². The van der Waals surface area contributed by atoms with E-state index in [9.17, 15) is 4.79 Å². The molecule has 1 N–H and O–H groups in total. The Hall–Kier alpha value is -0.570. The van der Waals surface area contributed by atoms with Crippen molar-refractivity contribution in [1.82, 2.24) is 10.2 Å². The number of hydrogen-bond acceptors (Lipinski definition) is 2. The number of likely N-dealkylation sites (N-methyl/N-ethyl adjacent to an activating group) is 1. The molecule has 1 unspecified atom stereocenters. The van der Waals surface area contributed by atoms with Crippen molar-refractivity contribution in [2.24, 2.45) is 23.2 Å². The zero-order valence-corrected chi connectivity index (χ0v) is 11.6. The Morgan fingerprint density at radius 1 is 1.35 bits per heavy atom. The van der Waals surface area contributed by atoms with Gasteiger partial charge in [-0.05, 0) is 49.0 Å². The number of amides is 1. The highest BCUT2D eigenvalue weighted by Gasteiger charge is 2.53. The lowest BCUT2D eigenvalue weighted by Crippen LogP contribution is -2.54. The van der Waals surface area contributed by atoms with Crippen molar-refractivity contribution in [3.63, 3.8) is 0 Å². The molecule has 1 amide bonds. The van der Waals surface area contributed by atoms with Crippen LogP contribution in [0.15, 0.2) is 0 Å². The van der Waals surface area contributed by atoms with Crippen LogP contribution in [-0.4, -0.2) is 38.0 Å². The van der Waals surface area contributed by atoms with Crippen molar-refractivity contribution in [1.29, 1.82) is 0 Å². The average Bonchev–Trinajstić information content (AvgIpc) is 2.28. The molecule has 3 aliphatic carbocycles. The summed E-state index contributed by atoms with van der Waals surface area (Å²) in [7, 11) is 3.62. The van der Waals surface area contributed by atoms with Crippen LogP contribution in [0.25, 0.3) is 0 Å². The Bertz CT molecular complexity index is 297. The lowest BCUT2D eigenvalue weighted by atomic mass is 9.45. The Morgan fingerprint density at radius 3 is 2.59 bits per heavy atom. The predicted molar refractivity (Wildman–Crippen MR) is 69.7 cm³/mol. The van der Waals surface area contributed by atoms with E-state index in [-0.39, 0.29) is 5.91 Å². The minimum absolute atomic E-state index is 0.173. The zero-order valence-electron chi connectivity index (χ0n) is 11.6. The van der Waals surface area contributed by atoms with Gasteiger partial charge in [0, 0.05) is 14.1 Å². The number of nitrogens with zero attached hydrogens (tertiary/aromatic N) is 1. The van der Waals surface area contributed by atoms with E-state index in [1.54, 1.807) is 4.90 Å². The van der Waals surface area contributed by atoms with Crippen LogP contribution >= 0.6 is 0 Å². The van der Waals surface area contributed by atoms with Gasteiger partial charge in [-0.25, -0.2) is 0 Å². The zero-order chi connectivity index (χ0) is 12.6. The second kappa shape index (κ2) is 4.60. The molecule has 3 saturated carbocycles. The van der Waals surface area contributed by atoms with Crippen LogP contribution in [-0.2, 0) is 4.79 Å². The molecule has 0 radical (unpaired) electrons. The average molecular weight is 238 g/mol. The minimum Gasteiger partial charge on any atom is -0.348 e. The van der Waals surface area contributed by atoms with E-state index in [1.807, 2.05) is 14.1 Å². The third kappa shape index (κ3) is 2.35. The third-order valence-corrected chi connectivity index (χ3v) is 5.18. The van der Waals surface area contributed by atoms with E-state index in [0.717, 1.165) is 24.3 Å². The van der Waals surface area contributed by atoms with Gasteiger partial charge in [-0.3, -0.25) is 4.79 Å². The highest BCUT2D eigenvalue weighted by Crippen LogP contribution is 2.61. The SMILES string of the molecule is CN(C)C(=O)CNCC1CC[C@@H]2C[C@H]1C2(C)C. The number of nitrogens with one attached hydrogen (secondary N) is 1. The van der Waals surface area contributed by atoms with E-state index in [0.29, 0.717) is 12.0 Å². The van der Waals surface area contributed by atoms with Gasteiger partial charge in [-0.2, -0.15) is 0 Å². The number of hydrogen-bond donors (Lipinski definition) is 1. The van der Waals surface area contributed by atoms with Gasteiger partial charge in [0.25, 0.3) is 0 Å². The maximum Gasteiger partial charge on any atom is 0.236 e. The maximum atomic E-state index is 11.5. The number of fused-ring (bicyclic) bond motifs is 2. The number of carbonyl (C=O) groups excluding carboxylic acids is 1. The lowest BCUT2D eigenvalue weighted by molar-refractivity contribution is -0.128. The molecule has 0 spiro atoms. The van der Waals surface area contributed by atoms with Gasteiger partial charge in [0.05, 0.1) is 6.54 Å². The van der Waals surface area contributed by atoms with Gasteiger partial charge >= 0.3 is 0 Å². The fourth-order valence-electron chi connectivity index (χ4n) is 3.73. The molecule has 0 aromatic rings. The molecule has 3 fully saturated rings. The van der Waals surface area contributed by atoms with Gasteiger partial charge < -0.3 is 10.2 Å². The summed E-state index contributed by atoms with van der Waals surface area (Å²) in [6.07, 6.45) is 4.15. The highest BCUT2D eigenvalue weighted by molar-refractivity contribution is 5.77. The van der Waals surface area contributed by atoms with Crippen LogP contribution in [0.5, 0.6) is 0 Å². The number of rotatable bonds is 4. The standard InChI is InChI=1S/C14H26N2O/c1-14(2)11-6-5-10(12(14)7-11)8-15-9-13(17)16(3)4/h10-12,15H,5-9H2,1-4H3/t10?,11-,12-/m1/s1. The first kappa shape index (κ1) is 12.9. The van der Waals surface area contributed by atoms with Crippen molar-refractivity contribution in [2.45, 2.75) is 33.1 Å². The summed E-state index contributed by atoms with van der Waals surface area (Å²) in [6.45, 7) is 6.34. The highest BCUT2D eigenvalue weighted by atomic mass is 16.2. The molecule has 98 valence electrons. The molecular formula is C14H26N2O. The molecule has 3 aliphatic rings. The summed E-state index contributed by atoms with van der Waals surface area (Å²) in [5, 5.41) is 3.34. The van der Waals surface area contributed by atoms with Gasteiger partial charge in [-0.1, -0.05) is 13.8 Å². The monoisotopic (exact) mass is 238 g/mol. The van der Waals surface area contributed by atoms with Crippen molar-refractivity contribution in [3.8, 4) is 0 Å². The first-order chi connectivity index (χ1) is 7.93. The van der Waals surface area contributed by atoms with Crippen molar-refractivity contribution in [2.75, 3.05) is 27.2 Å². The molecule has 0 aliphatic heterocycles. The van der Waals surface area contributed by atoms with Crippen molar-refractivity contribution >= 4 is 5.91 Å². The molecule has 0 aromatic carbocycles. The van der Waals surface area contributed by atoms with Gasteiger partial charge in [0.1, 0.15) is 0 Å².